The number of nitrogens with two attached hydrogens (primary N) is 1. The largest absolute Gasteiger partial charge is 0.395 e. The van der Waals surface area contributed by atoms with Crippen molar-refractivity contribution in [2.24, 2.45) is 0 Å². The van der Waals surface area contributed by atoms with Crippen LogP contribution in [0.2, 0.25) is 0 Å². The van der Waals surface area contributed by atoms with Gasteiger partial charge in [-0.15, -0.1) is 0 Å². The van der Waals surface area contributed by atoms with Gasteiger partial charge in [0.25, 0.3) is 0 Å². The summed E-state index contributed by atoms with van der Waals surface area (Å²) in [5, 5.41) is 11.8. The van der Waals surface area contributed by atoms with Crippen LogP contribution in [0.25, 0.3) is 0 Å². The van der Waals surface area contributed by atoms with Crippen LogP contribution in [0.15, 0.2) is 12.1 Å². The van der Waals surface area contributed by atoms with Gasteiger partial charge in [0.05, 0.1) is 17.8 Å². The van der Waals surface area contributed by atoms with Crippen molar-refractivity contribution in [2.45, 2.75) is 18.9 Å². The van der Waals surface area contributed by atoms with Crippen molar-refractivity contribution >= 4 is 11.5 Å². The molecular weight excluding hydrogens is 221 g/mol. The number of benzene rings is 1. The Morgan fingerprint density at radius 2 is 2.29 bits per heavy atom. The fourth-order valence-corrected chi connectivity index (χ4v) is 1.50. The summed E-state index contributed by atoms with van der Waals surface area (Å²) in [7, 11) is 0. The average molecular weight is 233 g/mol. The van der Waals surface area contributed by atoms with Crippen molar-refractivity contribution in [2.75, 3.05) is 12.3 Å². The summed E-state index contributed by atoms with van der Waals surface area (Å²) in [6.45, 7) is 0.166. The molecule has 2 rings (SSSR count). The minimum atomic E-state index is -0.723. The SMILES string of the molecule is N#Cc1cc(C(=O)CNC2CC2)cc(F)c1N. The highest BCUT2D eigenvalue weighted by Gasteiger charge is 2.22. The Balaban J connectivity index is 2.16. The molecule has 1 aromatic rings. The number of carbonyl (C=O) groups excluding carboxylic acids is 1. The number of rotatable bonds is 4. The minimum Gasteiger partial charge on any atom is -0.395 e. The predicted octanol–water partition coefficient (Wildman–Crippen LogP) is 1.21. The monoisotopic (exact) mass is 233 g/mol. The third-order valence-corrected chi connectivity index (χ3v) is 2.70. The van der Waals surface area contributed by atoms with Gasteiger partial charge in [-0.25, -0.2) is 4.39 Å². The van der Waals surface area contributed by atoms with Crippen molar-refractivity contribution in [1.29, 1.82) is 5.26 Å². The van der Waals surface area contributed by atoms with Crippen molar-refractivity contribution in [3.05, 3.63) is 29.1 Å². The Kier molecular flexibility index (Phi) is 3.07. The molecule has 1 saturated carbocycles. The number of hydrogen-bond acceptors (Lipinski definition) is 4. The number of nitrogens with zero attached hydrogens (tertiary/aromatic N) is 1. The van der Waals surface area contributed by atoms with Crippen LogP contribution < -0.4 is 11.1 Å². The van der Waals surface area contributed by atoms with Crippen molar-refractivity contribution in [1.82, 2.24) is 5.32 Å². The molecule has 1 aliphatic carbocycles. The molecule has 1 aliphatic rings. The molecule has 1 aromatic carbocycles. The zero-order valence-corrected chi connectivity index (χ0v) is 9.16. The first kappa shape index (κ1) is 11.6. The van der Waals surface area contributed by atoms with E-state index in [1.54, 1.807) is 6.07 Å². The molecule has 0 unspecified atom stereocenters. The van der Waals surface area contributed by atoms with E-state index in [1.165, 1.54) is 6.07 Å². The molecule has 0 radical (unpaired) electrons. The minimum absolute atomic E-state index is 0.000211. The van der Waals surface area contributed by atoms with Gasteiger partial charge in [0, 0.05) is 11.6 Å². The highest BCUT2D eigenvalue weighted by Crippen LogP contribution is 2.20. The van der Waals surface area contributed by atoms with E-state index in [0.717, 1.165) is 18.9 Å². The molecule has 1 fully saturated rings. The van der Waals surface area contributed by atoms with Crippen molar-refractivity contribution in [3.63, 3.8) is 0 Å². The summed E-state index contributed by atoms with van der Waals surface area (Å²) in [6, 6.07) is 4.59. The van der Waals surface area contributed by atoms with Crippen LogP contribution in [0.3, 0.4) is 0 Å². The van der Waals surface area contributed by atoms with Gasteiger partial charge in [0.2, 0.25) is 0 Å². The van der Waals surface area contributed by atoms with Gasteiger partial charge in [0.1, 0.15) is 11.9 Å². The number of anilines is 1. The smallest absolute Gasteiger partial charge is 0.176 e. The van der Waals surface area contributed by atoms with E-state index in [2.05, 4.69) is 5.32 Å². The molecule has 4 nitrogen and oxygen atoms in total. The number of nitrogen functional groups attached to an aromatic ring is 1. The molecule has 17 heavy (non-hydrogen) atoms. The summed E-state index contributed by atoms with van der Waals surface area (Å²) in [5.74, 6) is -0.953. The number of ketones is 1. The van der Waals surface area contributed by atoms with Gasteiger partial charge in [-0.1, -0.05) is 0 Å². The first-order valence-electron chi connectivity index (χ1n) is 5.37. The molecule has 0 aliphatic heterocycles. The van der Waals surface area contributed by atoms with Crippen molar-refractivity contribution < 1.29 is 9.18 Å². The number of halogens is 1. The van der Waals surface area contributed by atoms with Gasteiger partial charge in [-0.3, -0.25) is 4.79 Å². The normalized spacial score (nSPS) is 14.4. The highest BCUT2D eigenvalue weighted by atomic mass is 19.1. The Morgan fingerprint density at radius 1 is 1.59 bits per heavy atom. The van der Waals surface area contributed by atoms with Crippen LogP contribution in [-0.4, -0.2) is 18.4 Å². The summed E-state index contributed by atoms with van der Waals surface area (Å²) in [6.07, 6.45) is 2.15. The van der Waals surface area contributed by atoms with Gasteiger partial charge in [-0.2, -0.15) is 5.26 Å². The van der Waals surface area contributed by atoms with Crippen LogP contribution in [0, 0.1) is 17.1 Å². The topological polar surface area (TPSA) is 78.9 Å². The lowest BCUT2D eigenvalue weighted by atomic mass is 10.1. The van der Waals surface area contributed by atoms with Gasteiger partial charge in [0.15, 0.2) is 5.78 Å². The number of nitrogens with one attached hydrogen (secondary N) is 1. The molecule has 0 aromatic heterocycles. The highest BCUT2D eigenvalue weighted by molar-refractivity contribution is 5.98. The fraction of sp³-hybridized carbons (Fsp3) is 0.333. The fourth-order valence-electron chi connectivity index (χ4n) is 1.50. The van der Waals surface area contributed by atoms with Gasteiger partial charge < -0.3 is 11.1 Å². The number of hydrogen-bond donors (Lipinski definition) is 2. The zero-order chi connectivity index (χ0) is 12.4. The Hall–Kier alpha value is -1.93. The average Bonchev–Trinajstić information content (AvgIpc) is 3.13. The van der Waals surface area contributed by atoms with Crippen LogP contribution in [0.4, 0.5) is 10.1 Å². The molecule has 88 valence electrons. The summed E-state index contributed by atoms with van der Waals surface area (Å²) >= 11 is 0. The molecule has 0 amide bonds. The second-order valence-corrected chi connectivity index (χ2v) is 4.11. The van der Waals surface area contributed by atoms with Crippen LogP contribution >= 0.6 is 0 Å². The third kappa shape index (κ3) is 2.60. The van der Waals surface area contributed by atoms with Gasteiger partial charge >= 0.3 is 0 Å². The first-order chi connectivity index (χ1) is 8.11. The van der Waals surface area contributed by atoms with E-state index in [1.807, 2.05) is 0 Å². The van der Waals surface area contributed by atoms with Crippen LogP contribution in [-0.2, 0) is 0 Å². The lowest BCUT2D eigenvalue weighted by molar-refractivity contribution is 0.0990. The van der Waals surface area contributed by atoms with E-state index >= 15 is 0 Å². The second kappa shape index (κ2) is 4.52. The number of Topliss-reactive ketones (excluding diaryl/α,β-unsaturated/α-hetero) is 1. The Bertz CT molecular complexity index is 503. The first-order valence-corrected chi connectivity index (χ1v) is 5.37. The molecule has 0 bridgehead atoms. The summed E-state index contributed by atoms with van der Waals surface area (Å²) < 4.78 is 13.3. The molecule has 5 heteroatoms. The standard InChI is InChI=1S/C12H12FN3O/c13-10-4-7(3-8(5-14)12(10)15)11(17)6-16-9-1-2-9/h3-4,9,16H,1-2,6,15H2. The maximum absolute atomic E-state index is 13.3. The van der Waals surface area contributed by atoms with Crippen LogP contribution in [0.1, 0.15) is 28.8 Å². The summed E-state index contributed by atoms with van der Waals surface area (Å²) in [4.78, 5) is 11.7. The quantitative estimate of drug-likeness (QED) is 0.605. The molecular formula is C12H12FN3O. The molecule has 0 spiro atoms. The third-order valence-electron chi connectivity index (χ3n) is 2.70. The maximum Gasteiger partial charge on any atom is 0.176 e. The Labute approximate surface area is 98.2 Å². The second-order valence-electron chi connectivity index (χ2n) is 4.11. The van der Waals surface area contributed by atoms with Gasteiger partial charge in [-0.05, 0) is 25.0 Å². The van der Waals surface area contributed by atoms with E-state index in [0.29, 0.717) is 6.04 Å². The lowest BCUT2D eigenvalue weighted by Crippen LogP contribution is -2.25. The number of carbonyl (C=O) groups is 1. The zero-order valence-electron chi connectivity index (χ0n) is 9.16. The molecule has 0 atom stereocenters. The maximum atomic E-state index is 13.3. The number of nitriles is 1. The summed E-state index contributed by atoms with van der Waals surface area (Å²) in [5.41, 5.74) is 5.34. The van der Waals surface area contributed by atoms with Crippen molar-refractivity contribution in [3.8, 4) is 6.07 Å². The van der Waals surface area contributed by atoms with E-state index in [-0.39, 0.29) is 29.1 Å². The van der Waals surface area contributed by atoms with Crippen LogP contribution in [0.5, 0.6) is 0 Å². The molecule has 0 heterocycles. The molecule has 3 N–H and O–H groups in total. The van der Waals surface area contributed by atoms with E-state index < -0.39 is 5.82 Å². The Morgan fingerprint density at radius 3 is 2.88 bits per heavy atom. The van der Waals surface area contributed by atoms with E-state index in [4.69, 9.17) is 11.0 Å². The predicted molar refractivity (Wildman–Crippen MR) is 60.9 cm³/mol. The lowest BCUT2D eigenvalue weighted by Gasteiger charge is -2.05. The van der Waals surface area contributed by atoms with E-state index in [9.17, 15) is 9.18 Å². The molecule has 0 saturated heterocycles.